The van der Waals surface area contributed by atoms with E-state index >= 15 is 0 Å². The molecular weight excluding hydrogens is 320 g/mol. The van der Waals surface area contributed by atoms with Crippen LogP contribution in [0.2, 0.25) is 0 Å². The zero-order chi connectivity index (χ0) is 16.5. The highest BCUT2D eigenvalue weighted by Crippen LogP contribution is 2.26. The fourth-order valence-electron chi connectivity index (χ4n) is 2.65. The van der Waals surface area contributed by atoms with Crippen LogP contribution in [0.4, 0.5) is 0 Å². The van der Waals surface area contributed by atoms with Gasteiger partial charge in [0.25, 0.3) is 5.56 Å². The lowest BCUT2D eigenvalue weighted by Crippen LogP contribution is -2.11. The van der Waals surface area contributed by atoms with E-state index in [4.69, 9.17) is 0 Å². The maximum absolute atomic E-state index is 12.2. The maximum atomic E-state index is 12.2. The number of aromatic amines is 1. The largest absolute Gasteiger partial charge is 0.309 e. The summed E-state index contributed by atoms with van der Waals surface area (Å²) in [7, 11) is 0. The van der Waals surface area contributed by atoms with Gasteiger partial charge >= 0.3 is 0 Å². The van der Waals surface area contributed by atoms with Crippen molar-refractivity contribution in [2.45, 2.75) is 17.7 Å². The maximum Gasteiger partial charge on any atom is 0.258 e. The van der Waals surface area contributed by atoms with Gasteiger partial charge in [-0.15, -0.1) is 0 Å². The van der Waals surface area contributed by atoms with Gasteiger partial charge in [-0.3, -0.25) is 4.79 Å². The highest BCUT2D eigenvalue weighted by Gasteiger charge is 2.08. The molecule has 4 rings (SSSR count). The van der Waals surface area contributed by atoms with Crippen LogP contribution in [0, 0.1) is 6.92 Å². The number of nitrogens with one attached hydrogen (secondary N) is 1. The van der Waals surface area contributed by atoms with E-state index in [-0.39, 0.29) is 5.56 Å². The van der Waals surface area contributed by atoms with Gasteiger partial charge in [-0.1, -0.05) is 42.1 Å². The minimum atomic E-state index is -0.105. The molecule has 24 heavy (non-hydrogen) atoms. The number of rotatable bonds is 3. The molecule has 0 bridgehead atoms. The second-order valence-electron chi connectivity index (χ2n) is 5.47. The van der Waals surface area contributed by atoms with Crippen LogP contribution in [0.15, 0.2) is 58.6 Å². The van der Waals surface area contributed by atoms with E-state index in [1.54, 1.807) is 24.2 Å². The Morgan fingerprint density at radius 3 is 2.79 bits per heavy atom. The zero-order valence-corrected chi connectivity index (χ0v) is 13.8. The van der Waals surface area contributed by atoms with E-state index in [1.807, 2.05) is 43.3 Å². The third kappa shape index (κ3) is 2.65. The van der Waals surface area contributed by atoms with Gasteiger partial charge in [0.05, 0.1) is 22.2 Å². The minimum absolute atomic E-state index is 0.105. The molecule has 5 nitrogen and oxygen atoms in total. The molecule has 2 aromatic heterocycles. The van der Waals surface area contributed by atoms with Crippen molar-refractivity contribution < 1.29 is 0 Å². The number of benzene rings is 2. The molecule has 0 radical (unpaired) electrons. The summed E-state index contributed by atoms with van der Waals surface area (Å²) >= 11 is 1.54. The molecule has 6 heteroatoms. The van der Waals surface area contributed by atoms with Gasteiger partial charge in [0.15, 0.2) is 0 Å². The highest BCUT2D eigenvalue weighted by atomic mass is 32.2. The Balaban J connectivity index is 1.70. The van der Waals surface area contributed by atoms with E-state index in [2.05, 4.69) is 19.9 Å². The predicted molar refractivity (Wildman–Crippen MR) is 96.2 cm³/mol. The first-order chi connectivity index (χ1) is 11.7. The quantitative estimate of drug-likeness (QED) is 0.459. The number of nitrogens with zero attached hydrogens (tertiary/aromatic N) is 3. The first kappa shape index (κ1) is 14.8. The van der Waals surface area contributed by atoms with Crippen molar-refractivity contribution in [2.24, 2.45) is 0 Å². The topological polar surface area (TPSA) is 71.5 Å². The lowest BCUT2D eigenvalue weighted by molar-refractivity contribution is 1.03. The molecule has 118 valence electrons. The number of hydrogen-bond acceptors (Lipinski definition) is 5. The van der Waals surface area contributed by atoms with Gasteiger partial charge in [0.2, 0.25) is 0 Å². The van der Waals surface area contributed by atoms with Gasteiger partial charge in [0, 0.05) is 5.39 Å². The van der Waals surface area contributed by atoms with Crippen molar-refractivity contribution in [2.75, 3.05) is 0 Å². The number of fused-ring (bicyclic) bond motifs is 2. The molecule has 0 saturated carbocycles. The van der Waals surface area contributed by atoms with Crippen molar-refractivity contribution in [1.29, 1.82) is 0 Å². The van der Waals surface area contributed by atoms with E-state index < -0.39 is 0 Å². The second-order valence-corrected chi connectivity index (χ2v) is 6.43. The van der Waals surface area contributed by atoms with Crippen LogP contribution in [0.1, 0.15) is 11.4 Å². The first-order valence-electron chi connectivity index (χ1n) is 7.53. The second kappa shape index (κ2) is 6.05. The third-order valence-electron chi connectivity index (χ3n) is 3.84. The van der Waals surface area contributed by atoms with Crippen LogP contribution in [-0.2, 0) is 5.75 Å². The number of para-hydroxylation sites is 2. The molecule has 1 N–H and O–H groups in total. The molecule has 2 aromatic carbocycles. The highest BCUT2D eigenvalue weighted by molar-refractivity contribution is 7.98. The Labute approximate surface area is 142 Å². The molecule has 0 amide bonds. The van der Waals surface area contributed by atoms with Gasteiger partial charge < -0.3 is 4.98 Å². The molecule has 4 aromatic rings. The summed E-state index contributed by atoms with van der Waals surface area (Å²) in [6.45, 7) is 1.96. The first-order valence-corrected chi connectivity index (χ1v) is 8.52. The smallest absolute Gasteiger partial charge is 0.258 e. The molecule has 0 saturated heterocycles. The molecule has 0 aliphatic heterocycles. The predicted octanol–water partition coefficient (Wildman–Crippen LogP) is 3.47. The van der Waals surface area contributed by atoms with Gasteiger partial charge in [-0.25, -0.2) is 15.0 Å². The average Bonchev–Trinajstić information content (AvgIpc) is 2.61. The SMILES string of the molecule is Cc1cccc2c(=O)[nH]c(CSc3ncnc4ccccc34)nc12. The van der Waals surface area contributed by atoms with Crippen molar-refractivity contribution in [1.82, 2.24) is 19.9 Å². The zero-order valence-electron chi connectivity index (χ0n) is 13.0. The van der Waals surface area contributed by atoms with Crippen LogP contribution < -0.4 is 5.56 Å². The van der Waals surface area contributed by atoms with Crippen molar-refractivity contribution in [3.05, 3.63) is 70.5 Å². The van der Waals surface area contributed by atoms with Crippen LogP contribution >= 0.6 is 11.8 Å². The molecule has 0 atom stereocenters. The van der Waals surface area contributed by atoms with Crippen molar-refractivity contribution in [3.63, 3.8) is 0 Å². The number of hydrogen-bond donors (Lipinski definition) is 1. The standard InChI is InChI=1S/C18H14N4OS/c1-11-5-4-7-13-16(11)21-15(22-17(13)23)9-24-18-12-6-2-3-8-14(12)19-10-20-18/h2-8,10H,9H2,1H3,(H,21,22,23). The van der Waals surface area contributed by atoms with E-state index in [0.29, 0.717) is 17.0 Å². The van der Waals surface area contributed by atoms with Crippen LogP contribution in [0.5, 0.6) is 0 Å². The Morgan fingerprint density at radius 2 is 1.88 bits per heavy atom. The normalized spacial score (nSPS) is 11.2. The summed E-state index contributed by atoms with van der Waals surface area (Å²) in [4.78, 5) is 28.3. The Bertz CT molecular complexity index is 1100. The monoisotopic (exact) mass is 334 g/mol. The fourth-order valence-corrected chi connectivity index (χ4v) is 3.51. The molecular formula is C18H14N4OS. The Kier molecular flexibility index (Phi) is 3.74. The van der Waals surface area contributed by atoms with Crippen molar-refractivity contribution in [3.8, 4) is 0 Å². The number of thioether (sulfide) groups is 1. The van der Waals surface area contributed by atoms with Gasteiger partial charge in [-0.2, -0.15) is 0 Å². The summed E-state index contributed by atoms with van der Waals surface area (Å²) in [5.74, 6) is 1.19. The molecule has 0 aliphatic carbocycles. The molecule has 0 unspecified atom stereocenters. The Hall–Kier alpha value is -2.73. The fraction of sp³-hybridized carbons (Fsp3) is 0.111. The van der Waals surface area contributed by atoms with E-state index in [0.717, 1.165) is 27.0 Å². The third-order valence-corrected chi connectivity index (χ3v) is 4.86. The van der Waals surface area contributed by atoms with E-state index in [1.165, 1.54) is 0 Å². The summed E-state index contributed by atoms with van der Waals surface area (Å²) in [6.07, 6.45) is 1.56. The number of aryl methyl sites for hydroxylation is 1. The average molecular weight is 334 g/mol. The lowest BCUT2D eigenvalue weighted by Gasteiger charge is -2.06. The Morgan fingerprint density at radius 1 is 1.04 bits per heavy atom. The lowest BCUT2D eigenvalue weighted by atomic mass is 10.1. The summed E-state index contributed by atoms with van der Waals surface area (Å²) < 4.78 is 0. The summed E-state index contributed by atoms with van der Waals surface area (Å²) in [5.41, 5.74) is 2.55. The molecule has 0 fully saturated rings. The van der Waals surface area contributed by atoms with E-state index in [9.17, 15) is 4.79 Å². The summed E-state index contributed by atoms with van der Waals surface area (Å²) in [6, 6.07) is 13.5. The van der Waals surface area contributed by atoms with Crippen molar-refractivity contribution >= 4 is 33.6 Å². The van der Waals surface area contributed by atoms with Crippen LogP contribution in [0.25, 0.3) is 21.8 Å². The van der Waals surface area contributed by atoms with Gasteiger partial charge in [0.1, 0.15) is 17.2 Å². The number of aromatic nitrogens is 4. The molecule has 2 heterocycles. The van der Waals surface area contributed by atoms with Crippen LogP contribution in [0.3, 0.4) is 0 Å². The molecule has 0 spiro atoms. The molecule has 0 aliphatic rings. The van der Waals surface area contributed by atoms with Gasteiger partial charge in [-0.05, 0) is 24.6 Å². The number of H-pyrrole nitrogens is 1. The summed E-state index contributed by atoms with van der Waals surface area (Å²) in [5, 5.41) is 2.51. The van der Waals surface area contributed by atoms with Crippen LogP contribution in [-0.4, -0.2) is 19.9 Å². The minimum Gasteiger partial charge on any atom is -0.309 e.